The van der Waals surface area contributed by atoms with Gasteiger partial charge in [-0.25, -0.2) is 8.78 Å². The smallest absolute Gasteiger partial charge is 0.234 e. The van der Waals surface area contributed by atoms with Crippen molar-refractivity contribution >= 4 is 45.0 Å². The molecule has 0 saturated heterocycles. The quantitative estimate of drug-likeness (QED) is 0.628. The molecule has 0 atom stereocenters. The zero-order valence-corrected chi connectivity index (χ0v) is 13.1. The lowest BCUT2D eigenvalue weighted by Crippen LogP contribution is -2.14. The summed E-state index contributed by atoms with van der Waals surface area (Å²) in [6, 6.07) is 8.12. The van der Waals surface area contributed by atoms with E-state index in [1.165, 1.54) is 11.8 Å². The van der Waals surface area contributed by atoms with Crippen LogP contribution in [0, 0.1) is 11.6 Å². The Morgan fingerprint density at radius 1 is 1.19 bits per heavy atom. The number of nitrogen functional groups attached to an aromatic ring is 1. The van der Waals surface area contributed by atoms with Gasteiger partial charge >= 0.3 is 0 Å². The fourth-order valence-electron chi connectivity index (χ4n) is 1.60. The predicted octanol–water partition coefficient (Wildman–Crippen LogP) is 4.04. The number of thioether (sulfide) groups is 1. The molecule has 2 aromatic rings. The van der Waals surface area contributed by atoms with Crippen LogP contribution in [0.15, 0.2) is 45.8 Å². The second kappa shape index (κ2) is 6.91. The van der Waals surface area contributed by atoms with E-state index in [0.29, 0.717) is 5.69 Å². The molecule has 0 spiro atoms. The standard InChI is InChI=1S/C14H11BrF2N2OS/c15-12-6-10(18)1-2-13(12)21-7-14(20)19-11-4-8(16)3-9(17)5-11/h1-6H,7,18H2,(H,19,20). The van der Waals surface area contributed by atoms with Crippen LogP contribution in [0.25, 0.3) is 0 Å². The fraction of sp³-hybridized carbons (Fsp3) is 0.0714. The highest BCUT2D eigenvalue weighted by Gasteiger charge is 2.08. The number of hydrogen-bond acceptors (Lipinski definition) is 3. The van der Waals surface area contributed by atoms with Gasteiger partial charge in [0, 0.05) is 26.8 Å². The van der Waals surface area contributed by atoms with Crippen LogP contribution in [-0.2, 0) is 4.79 Å². The van der Waals surface area contributed by atoms with Crippen molar-refractivity contribution in [3.63, 3.8) is 0 Å². The highest BCUT2D eigenvalue weighted by molar-refractivity contribution is 9.10. The van der Waals surface area contributed by atoms with Gasteiger partial charge in [-0.05, 0) is 46.3 Å². The third-order valence-corrected chi connectivity index (χ3v) is 4.45. The molecule has 0 aliphatic heterocycles. The van der Waals surface area contributed by atoms with Crippen molar-refractivity contribution in [3.05, 3.63) is 52.5 Å². The molecule has 21 heavy (non-hydrogen) atoms. The monoisotopic (exact) mass is 372 g/mol. The van der Waals surface area contributed by atoms with Gasteiger partial charge < -0.3 is 11.1 Å². The van der Waals surface area contributed by atoms with Crippen LogP contribution in [0.4, 0.5) is 20.2 Å². The van der Waals surface area contributed by atoms with Crippen LogP contribution in [-0.4, -0.2) is 11.7 Å². The zero-order valence-electron chi connectivity index (χ0n) is 10.7. The first kappa shape index (κ1) is 15.8. The van der Waals surface area contributed by atoms with Gasteiger partial charge in [-0.2, -0.15) is 0 Å². The van der Waals surface area contributed by atoms with Crippen molar-refractivity contribution in [1.29, 1.82) is 0 Å². The summed E-state index contributed by atoms with van der Waals surface area (Å²) >= 11 is 4.64. The molecule has 0 fully saturated rings. The minimum atomic E-state index is -0.737. The van der Waals surface area contributed by atoms with E-state index in [1.54, 1.807) is 18.2 Å². The van der Waals surface area contributed by atoms with Gasteiger partial charge in [-0.1, -0.05) is 0 Å². The van der Waals surface area contributed by atoms with Crippen molar-refractivity contribution < 1.29 is 13.6 Å². The van der Waals surface area contributed by atoms with Gasteiger partial charge in [0.05, 0.1) is 5.75 Å². The SMILES string of the molecule is Nc1ccc(SCC(=O)Nc2cc(F)cc(F)c2)c(Br)c1. The lowest BCUT2D eigenvalue weighted by molar-refractivity contribution is -0.113. The Morgan fingerprint density at radius 3 is 2.48 bits per heavy atom. The van der Waals surface area contributed by atoms with Crippen LogP contribution in [0.1, 0.15) is 0 Å². The Balaban J connectivity index is 1.95. The number of carbonyl (C=O) groups excluding carboxylic acids is 1. The van der Waals surface area contributed by atoms with Gasteiger partial charge in [-0.15, -0.1) is 11.8 Å². The summed E-state index contributed by atoms with van der Waals surface area (Å²) in [6.07, 6.45) is 0. The Kier molecular flexibility index (Phi) is 5.19. The summed E-state index contributed by atoms with van der Waals surface area (Å²) in [5.41, 5.74) is 6.33. The number of nitrogens with two attached hydrogens (primary N) is 1. The maximum Gasteiger partial charge on any atom is 0.234 e. The van der Waals surface area contributed by atoms with Crippen molar-refractivity contribution in [1.82, 2.24) is 0 Å². The maximum absolute atomic E-state index is 13.0. The van der Waals surface area contributed by atoms with Crippen molar-refractivity contribution in [2.24, 2.45) is 0 Å². The second-order valence-corrected chi connectivity index (χ2v) is 6.06. The van der Waals surface area contributed by atoms with Crippen LogP contribution in [0.5, 0.6) is 0 Å². The molecule has 0 unspecified atom stereocenters. The minimum absolute atomic E-state index is 0.0921. The number of nitrogens with one attached hydrogen (secondary N) is 1. The number of carbonyl (C=O) groups is 1. The highest BCUT2D eigenvalue weighted by atomic mass is 79.9. The third kappa shape index (κ3) is 4.71. The van der Waals surface area contributed by atoms with Gasteiger partial charge in [0.15, 0.2) is 0 Å². The number of benzene rings is 2. The molecule has 0 aromatic heterocycles. The van der Waals surface area contributed by atoms with E-state index < -0.39 is 11.6 Å². The first-order valence-corrected chi connectivity index (χ1v) is 7.65. The average molecular weight is 373 g/mol. The summed E-state index contributed by atoms with van der Waals surface area (Å²) in [5.74, 6) is -1.71. The lowest BCUT2D eigenvalue weighted by Gasteiger charge is -2.07. The van der Waals surface area contributed by atoms with Crippen molar-refractivity contribution in [2.45, 2.75) is 4.90 Å². The molecule has 0 aliphatic rings. The molecule has 3 N–H and O–H groups in total. The van der Waals surface area contributed by atoms with Crippen LogP contribution in [0.3, 0.4) is 0 Å². The number of rotatable bonds is 4. The number of hydrogen-bond donors (Lipinski definition) is 2. The van der Waals surface area contributed by atoms with E-state index in [-0.39, 0.29) is 17.3 Å². The molecule has 2 aromatic carbocycles. The van der Waals surface area contributed by atoms with Gasteiger partial charge in [0.2, 0.25) is 5.91 Å². The first-order chi connectivity index (χ1) is 9.94. The number of amides is 1. The average Bonchev–Trinajstić information content (AvgIpc) is 2.36. The van der Waals surface area contributed by atoms with Gasteiger partial charge in [0.1, 0.15) is 11.6 Å². The summed E-state index contributed by atoms with van der Waals surface area (Å²) < 4.78 is 26.8. The Bertz CT molecular complexity index is 662. The number of anilines is 2. The maximum atomic E-state index is 13.0. The second-order valence-electron chi connectivity index (χ2n) is 4.18. The van der Waals surface area contributed by atoms with Crippen molar-refractivity contribution in [2.75, 3.05) is 16.8 Å². The van der Waals surface area contributed by atoms with E-state index in [4.69, 9.17) is 5.73 Å². The minimum Gasteiger partial charge on any atom is -0.399 e. The summed E-state index contributed by atoms with van der Waals surface area (Å²) in [4.78, 5) is 12.6. The largest absolute Gasteiger partial charge is 0.399 e. The predicted molar refractivity (Wildman–Crippen MR) is 84.3 cm³/mol. The molecule has 3 nitrogen and oxygen atoms in total. The molecule has 7 heteroatoms. The van der Waals surface area contributed by atoms with E-state index >= 15 is 0 Å². The Labute approximate surface area is 133 Å². The number of halogens is 3. The normalized spacial score (nSPS) is 10.4. The summed E-state index contributed by atoms with van der Waals surface area (Å²) in [7, 11) is 0. The van der Waals surface area contributed by atoms with Gasteiger partial charge in [0.25, 0.3) is 0 Å². The fourth-order valence-corrected chi connectivity index (χ4v) is 3.06. The molecule has 0 saturated carbocycles. The molecule has 0 heterocycles. The molecular weight excluding hydrogens is 362 g/mol. The van der Waals surface area contributed by atoms with E-state index in [9.17, 15) is 13.6 Å². The Morgan fingerprint density at radius 2 is 1.86 bits per heavy atom. The zero-order chi connectivity index (χ0) is 15.4. The topological polar surface area (TPSA) is 55.1 Å². The molecule has 1 amide bonds. The molecule has 0 aliphatic carbocycles. The highest BCUT2D eigenvalue weighted by Crippen LogP contribution is 2.29. The van der Waals surface area contributed by atoms with Crippen LogP contribution in [0.2, 0.25) is 0 Å². The van der Waals surface area contributed by atoms with Crippen molar-refractivity contribution in [3.8, 4) is 0 Å². The molecule has 110 valence electrons. The van der Waals surface area contributed by atoms with Crippen LogP contribution >= 0.6 is 27.7 Å². The summed E-state index contributed by atoms with van der Waals surface area (Å²) in [5, 5.41) is 2.44. The summed E-state index contributed by atoms with van der Waals surface area (Å²) in [6.45, 7) is 0. The Hall–Kier alpha value is -1.60. The molecule has 0 radical (unpaired) electrons. The van der Waals surface area contributed by atoms with Crippen LogP contribution < -0.4 is 11.1 Å². The first-order valence-electron chi connectivity index (χ1n) is 5.88. The molecular formula is C14H11BrF2N2OS. The molecule has 0 bridgehead atoms. The lowest BCUT2D eigenvalue weighted by atomic mass is 10.3. The molecule has 2 rings (SSSR count). The van der Waals surface area contributed by atoms with E-state index in [2.05, 4.69) is 21.2 Å². The van der Waals surface area contributed by atoms with E-state index in [0.717, 1.165) is 27.6 Å². The van der Waals surface area contributed by atoms with E-state index in [1.807, 2.05) is 0 Å². The third-order valence-electron chi connectivity index (χ3n) is 2.46. The van der Waals surface area contributed by atoms with Gasteiger partial charge in [-0.3, -0.25) is 4.79 Å².